The van der Waals surface area contributed by atoms with E-state index in [2.05, 4.69) is 0 Å². The van der Waals surface area contributed by atoms with Crippen molar-refractivity contribution < 1.29 is 38.4 Å². The van der Waals surface area contributed by atoms with Crippen molar-refractivity contribution in [3.63, 3.8) is 0 Å². The predicted molar refractivity (Wildman–Crippen MR) is 134 cm³/mol. The molecule has 0 bridgehead atoms. The average molecular weight is 500 g/mol. The quantitative estimate of drug-likeness (QED) is 0.215. The lowest BCUT2D eigenvalue weighted by atomic mass is 9.94. The Kier molecular flexibility index (Phi) is 8.82. The molecule has 0 spiro atoms. The number of para-hydroxylation sites is 1. The number of carbonyl (C=O) groups excluding carboxylic acids is 2. The number of benzene rings is 2. The molecular formula is C27H33NO8. The lowest BCUT2D eigenvalue weighted by molar-refractivity contribution is -0.140. The third-order valence-electron chi connectivity index (χ3n) is 5.90. The molecule has 1 atom stereocenters. The fourth-order valence-corrected chi connectivity index (χ4v) is 4.26. The third kappa shape index (κ3) is 5.26. The molecule has 36 heavy (non-hydrogen) atoms. The van der Waals surface area contributed by atoms with E-state index in [1.54, 1.807) is 36.4 Å². The zero-order valence-electron chi connectivity index (χ0n) is 21.5. The van der Waals surface area contributed by atoms with Gasteiger partial charge >= 0.3 is 0 Å². The molecule has 9 heteroatoms. The number of hydrogen-bond donors (Lipinski definition) is 1. The Morgan fingerprint density at radius 1 is 0.944 bits per heavy atom. The number of aliphatic hydroxyl groups is 1. The Labute approximate surface area is 211 Å². The second-order valence-electron chi connectivity index (χ2n) is 8.42. The summed E-state index contributed by atoms with van der Waals surface area (Å²) in [6.07, 6.45) is 0.540. The van der Waals surface area contributed by atoms with Crippen LogP contribution in [0.4, 0.5) is 0 Å². The first-order valence-electron chi connectivity index (χ1n) is 11.6. The number of methoxy groups -OCH3 is 4. The topological polar surface area (TPSA) is 104 Å². The summed E-state index contributed by atoms with van der Waals surface area (Å²) in [5, 5.41) is 11.4. The summed E-state index contributed by atoms with van der Waals surface area (Å²) in [5.41, 5.74) is 0.770. The van der Waals surface area contributed by atoms with E-state index in [1.807, 2.05) is 13.8 Å². The molecule has 1 aliphatic rings. The SMILES string of the molecule is COc1ccccc1/C(O)=C1\C(=O)C(=O)N(CCCOC(C)C)C1c1cc(OC)c(OC)c(OC)c1. The van der Waals surface area contributed by atoms with Gasteiger partial charge in [0, 0.05) is 13.2 Å². The van der Waals surface area contributed by atoms with Crippen LogP contribution >= 0.6 is 0 Å². The zero-order chi connectivity index (χ0) is 26.4. The second-order valence-corrected chi connectivity index (χ2v) is 8.42. The maximum atomic E-state index is 13.3. The van der Waals surface area contributed by atoms with Crippen LogP contribution in [0.3, 0.4) is 0 Å². The highest BCUT2D eigenvalue weighted by Crippen LogP contribution is 2.46. The fraction of sp³-hybridized carbons (Fsp3) is 0.407. The van der Waals surface area contributed by atoms with Gasteiger partial charge in [-0.1, -0.05) is 12.1 Å². The number of Topliss-reactive ketones (excluding diaryl/α,β-unsaturated/α-hetero) is 1. The maximum Gasteiger partial charge on any atom is 0.295 e. The molecule has 0 aliphatic carbocycles. The number of likely N-dealkylation sites (tertiary alicyclic amines) is 1. The van der Waals surface area contributed by atoms with Crippen molar-refractivity contribution in [1.82, 2.24) is 4.90 Å². The molecule has 1 fully saturated rings. The monoisotopic (exact) mass is 499 g/mol. The van der Waals surface area contributed by atoms with Crippen LogP contribution in [-0.4, -0.2) is 69.4 Å². The Hall–Kier alpha value is -3.72. The molecule has 1 saturated heterocycles. The summed E-state index contributed by atoms with van der Waals surface area (Å²) in [4.78, 5) is 28.0. The largest absolute Gasteiger partial charge is 0.507 e. The highest BCUT2D eigenvalue weighted by molar-refractivity contribution is 6.46. The van der Waals surface area contributed by atoms with Gasteiger partial charge in [0.25, 0.3) is 11.7 Å². The van der Waals surface area contributed by atoms with Crippen LogP contribution in [0.2, 0.25) is 0 Å². The van der Waals surface area contributed by atoms with E-state index in [9.17, 15) is 14.7 Å². The number of aliphatic hydroxyl groups excluding tert-OH is 1. The average Bonchev–Trinajstić information content (AvgIpc) is 3.14. The highest BCUT2D eigenvalue weighted by Gasteiger charge is 2.46. The molecule has 1 unspecified atom stereocenters. The van der Waals surface area contributed by atoms with E-state index in [0.29, 0.717) is 47.2 Å². The molecule has 1 aliphatic heterocycles. The second kappa shape index (κ2) is 11.8. The van der Waals surface area contributed by atoms with Gasteiger partial charge in [0.2, 0.25) is 5.75 Å². The van der Waals surface area contributed by atoms with E-state index in [-0.39, 0.29) is 24.0 Å². The molecule has 194 valence electrons. The molecule has 2 aromatic carbocycles. The minimum Gasteiger partial charge on any atom is -0.507 e. The Morgan fingerprint density at radius 3 is 2.11 bits per heavy atom. The maximum absolute atomic E-state index is 13.3. The van der Waals surface area contributed by atoms with Crippen LogP contribution in [0.5, 0.6) is 23.0 Å². The number of carbonyl (C=O) groups is 2. The van der Waals surface area contributed by atoms with Crippen LogP contribution in [-0.2, 0) is 14.3 Å². The van der Waals surface area contributed by atoms with Crippen LogP contribution in [0.1, 0.15) is 37.4 Å². The van der Waals surface area contributed by atoms with Crippen molar-refractivity contribution >= 4 is 17.4 Å². The number of ketones is 1. The van der Waals surface area contributed by atoms with E-state index in [1.165, 1.54) is 33.3 Å². The molecule has 0 aromatic heterocycles. The van der Waals surface area contributed by atoms with Crippen LogP contribution < -0.4 is 18.9 Å². The molecule has 0 radical (unpaired) electrons. The van der Waals surface area contributed by atoms with Crippen LogP contribution in [0, 0.1) is 0 Å². The van der Waals surface area contributed by atoms with Crippen LogP contribution in [0.15, 0.2) is 42.0 Å². The van der Waals surface area contributed by atoms with Crippen LogP contribution in [0.25, 0.3) is 5.76 Å². The van der Waals surface area contributed by atoms with Crippen molar-refractivity contribution in [2.24, 2.45) is 0 Å². The lowest BCUT2D eigenvalue weighted by Crippen LogP contribution is -2.31. The van der Waals surface area contributed by atoms with Crippen molar-refractivity contribution in [3.8, 4) is 23.0 Å². The molecule has 0 saturated carbocycles. The molecule has 1 amide bonds. The van der Waals surface area contributed by atoms with Gasteiger partial charge in [0.1, 0.15) is 11.5 Å². The van der Waals surface area contributed by atoms with E-state index in [0.717, 1.165) is 0 Å². The van der Waals surface area contributed by atoms with Crippen molar-refractivity contribution in [2.45, 2.75) is 32.4 Å². The minimum atomic E-state index is -0.900. The first kappa shape index (κ1) is 26.9. The van der Waals surface area contributed by atoms with Crippen molar-refractivity contribution in [1.29, 1.82) is 0 Å². The molecule has 3 rings (SSSR count). The Bertz CT molecular complexity index is 1120. The molecule has 1 N–H and O–H groups in total. The molecule has 2 aromatic rings. The number of nitrogens with zero attached hydrogens (tertiary/aromatic N) is 1. The first-order chi connectivity index (χ1) is 17.3. The highest BCUT2D eigenvalue weighted by atomic mass is 16.5. The van der Waals surface area contributed by atoms with Gasteiger partial charge < -0.3 is 33.7 Å². The number of rotatable bonds is 11. The van der Waals surface area contributed by atoms with Gasteiger partial charge in [-0.05, 0) is 50.1 Å². The molecule has 9 nitrogen and oxygen atoms in total. The Morgan fingerprint density at radius 2 is 1.56 bits per heavy atom. The summed E-state index contributed by atoms with van der Waals surface area (Å²) in [7, 11) is 5.92. The number of ether oxygens (including phenoxy) is 5. The molecular weight excluding hydrogens is 466 g/mol. The van der Waals surface area contributed by atoms with Gasteiger partial charge in [-0.15, -0.1) is 0 Å². The Balaban J connectivity index is 2.20. The predicted octanol–water partition coefficient (Wildman–Crippen LogP) is 3.96. The number of hydrogen-bond acceptors (Lipinski definition) is 8. The summed E-state index contributed by atoms with van der Waals surface area (Å²) < 4.78 is 27.4. The summed E-state index contributed by atoms with van der Waals surface area (Å²) in [5.74, 6) is -0.371. The van der Waals surface area contributed by atoms with Crippen molar-refractivity contribution in [3.05, 3.63) is 53.1 Å². The third-order valence-corrected chi connectivity index (χ3v) is 5.90. The first-order valence-corrected chi connectivity index (χ1v) is 11.6. The fourth-order valence-electron chi connectivity index (χ4n) is 4.26. The van der Waals surface area contributed by atoms with Gasteiger partial charge in [-0.25, -0.2) is 0 Å². The number of amides is 1. The minimum absolute atomic E-state index is 0.0388. The van der Waals surface area contributed by atoms with Gasteiger partial charge in [-0.3, -0.25) is 9.59 Å². The van der Waals surface area contributed by atoms with Crippen molar-refractivity contribution in [2.75, 3.05) is 41.6 Å². The zero-order valence-corrected chi connectivity index (χ0v) is 21.5. The standard InChI is InChI=1S/C27H33NO8/c1-16(2)36-13-9-12-28-23(17-14-20(33-4)26(35-6)21(15-17)34-5)22(25(30)27(28)31)24(29)18-10-7-8-11-19(18)32-3/h7-8,10-11,14-16,23,29H,9,12-13H2,1-6H3/b24-22+. The smallest absolute Gasteiger partial charge is 0.295 e. The summed E-state index contributed by atoms with van der Waals surface area (Å²) >= 11 is 0. The van der Waals surface area contributed by atoms with E-state index < -0.39 is 17.7 Å². The summed E-state index contributed by atoms with van der Waals surface area (Å²) in [6.45, 7) is 4.50. The normalized spacial score (nSPS) is 17.0. The summed E-state index contributed by atoms with van der Waals surface area (Å²) in [6, 6.07) is 9.20. The van der Waals surface area contributed by atoms with E-state index >= 15 is 0 Å². The van der Waals surface area contributed by atoms with Gasteiger partial charge in [-0.2, -0.15) is 0 Å². The van der Waals surface area contributed by atoms with E-state index in [4.69, 9.17) is 23.7 Å². The van der Waals surface area contributed by atoms with Gasteiger partial charge in [0.15, 0.2) is 11.5 Å². The van der Waals surface area contributed by atoms with Gasteiger partial charge in [0.05, 0.1) is 51.7 Å². The molecule has 1 heterocycles. The lowest BCUT2D eigenvalue weighted by Gasteiger charge is -2.27.